The van der Waals surface area contributed by atoms with E-state index in [4.69, 9.17) is 5.73 Å². The van der Waals surface area contributed by atoms with Crippen LogP contribution in [0.2, 0.25) is 0 Å². The van der Waals surface area contributed by atoms with Crippen molar-refractivity contribution < 1.29 is 0 Å². The Morgan fingerprint density at radius 1 is 1.37 bits per heavy atom. The highest BCUT2D eigenvalue weighted by molar-refractivity contribution is 7.99. The Kier molecular flexibility index (Phi) is 4.64. The van der Waals surface area contributed by atoms with E-state index in [1.54, 1.807) is 12.4 Å². The highest BCUT2D eigenvalue weighted by Gasteiger charge is 2.05. The van der Waals surface area contributed by atoms with E-state index in [1.165, 1.54) is 17.8 Å². The maximum atomic E-state index is 11.5. The second-order valence-corrected chi connectivity index (χ2v) is 4.93. The molecular formula is C12H15N5OS. The summed E-state index contributed by atoms with van der Waals surface area (Å²) in [6.07, 6.45) is 5.07. The number of nitrogens with zero attached hydrogens (tertiary/aromatic N) is 3. The van der Waals surface area contributed by atoms with Crippen molar-refractivity contribution in [3.63, 3.8) is 0 Å². The molecule has 6 nitrogen and oxygen atoms in total. The zero-order valence-electron chi connectivity index (χ0n) is 10.6. The number of aromatic nitrogens is 4. The van der Waals surface area contributed by atoms with Crippen molar-refractivity contribution in [3.05, 3.63) is 40.1 Å². The minimum atomic E-state index is -0.153. The Morgan fingerprint density at radius 2 is 2.11 bits per heavy atom. The second-order valence-electron chi connectivity index (χ2n) is 3.97. The van der Waals surface area contributed by atoms with Gasteiger partial charge in [0.05, 0.1) is 0 Å². The molecular weight excluding hydrogens is 262 g/mol. The molecule has 0 unspecified atom stereocenters. The fourth-order valence-corrected chi connectivity index (χ4v) is 2.20. The standard InChI is InChI=1S/C12H15N5OS/c1-2-3-9-4-10(18)17-12(16-9)19-11-14-6-8(5-13)7-15-11/h4,6-7H,2-3,5,13H2,1H3,(H,16,17,18). The van der Waals surface area contributed by atoms with Gasteiger partial charge in [0.2, 0.25) is 0 Å². The van der Waals surface area contributed by atoms with Gasteiger partial charge in [0.25, 0.3) is 5.56 Å². The van der Waals surface area contributed by atoms with Crippen LogP contribution in [0.15, 0.2) is 33.6 Å². The molecule has 19 heavy (non-hydrogen) atoms. The Hall–Kier alpha value is -1.73. The van der Waals surface area contributed by atoms with E-state index in [0.717, 1.165) is 24.1 Å². The summed E-state index contributed by atoms with van der Waals surface area (Å²) in [5.74, 6) is 0. The number of aryl methyl sites for hydroxylation is 1. The van der Waals surface area contributed by atoms with Gasteiger partial charge in [-0.15, -0.1) is 0 Å². The summed E-state index contributed by atoms with van der Waals surface area (Å²) < 4.78 is 0. The third kappa shape index (κ3) is 3.87. The van der Waals surface area contributed by atoms with Gasteiger partial charge in [0.15, 0.2) is 10.3 Å². The lowest BCUT2D eigenvalue weighted by atomic mass is 10.2. The number of hydrogen-bond acceptors (Lipinski definition) is 6. The van der Waals surface area contributed by atoms with E-state index in [1.807, 2.05) is 6.92 Å². The van der Waals surface area contributed by atoms with Gasteiger partial charge >= 0.3 is 0 Å². The molecule has 0 bridgehead atoms. The van der Waals surface area contributed by atoms with Crippen LogP contribution in [0.1, 0.15) is 24.6 Å². The number of nitrogens with one attached hydrogen (secondary N) is 1. The lowest BCUT2D eigenvalue weighted by molar-refractivity contribution is 0.811. The fourth-order valence-electron chi connectivity index (χ4n) is 1.50. The Morgan fingerprint density at radius 3 is 2.74 bits per heavy atom. The Labute approximate surface area is 114 Å². The van der Waals surface area contributed by atoms with Crippen molar-refractivity contribution in [1.82, 2.24) is 19.9 Å². The molecule has 0 radical (unpaired) electrons. The third-order valence-electron chi connectivity index (χ3n) is 2.38. The lowest BCUT2D eigenvalue weighted by Crippen LogP contribution is -2.10. The summed E-state index contributed by atoms with van der Waals surface area (Å²) in [5, 5.41) is 1.05. The van der Waals surface area contributed by atoms with Gasteiger partial charge < -0.3 is 10.7 Å². The zero-order valence-corrected chi connectivity index (χ0v) is 11.4. The molecule has 2 aromatic heterocycles. The third-order valence-corrected chi connectivity index (χ3v) is 3.16. The molecule has 0 amide bonds. The molecule has 0 aromatic carbocycles. The van der Waals surface area contributed by atoms with Gasteiger partial charge in [-0.05, 0) is 18.2 Å². The Balaban J connectivity index is 2.19. The first kappa shape index (κ1) is 13.7. The first-order chi connectivity index (χ1) is 9.21. The first-order valence-corrected chi connectivity index (χ1v) is 6.82. The molecule has 2 aromatic rings. The number of rotatable bonds is 5. The van der Waals surface area contributed by atoms with Crippen LogP contribution in [-0.2, 0) is 13.0 Å². The van der Waals surface area contributed by atoms with Crippen molar-refractivity contribution in [2.45, 2.75) is 36.6 Å². The predicted molar refractivity (Wildman–Crippen MR) is 72.9 cm³/mol. The maximum absolute atomic E-state index is 11.5. The summed E-state index contributed by atoms with van der Waals surface area (Å²) in [6, 6.07) is 1.52. The fraction of sp³-hybridized carbons (Fsp3) is 0.333. The van der Waals surface area contributed by atoms with Gasteiger partial charge in [-0.1, -0.05) is 13.3 Å². The van der Waals surface area contributed by atoms with Crippen molar-refractivity contribution >= 4 is 11.8 Å². The molecule has 0 aliphatic carbocycles. The number of H-pyrrole nitrogens is 1. The van der Waals surface area contributed by atoms with Gasteiger partial charge in [-0.3, -0.25) is 4.79 Å². The molecule has 0 atom stereocenters. The van der Waals surface area contributed by atoms with Crippen LogP contribution in [0.4, 0.5) is 0 Å². The van der Waals surface area contributed by atoms with E-state index >= 15 is 0 Å². The average molecular weight is 277 g/mol. The van der Waals surface area contributed by atoms with Crippen LogP contribution in [0.3, 0.4) is 0 Å². The normalized spacial score (nSPS) is 10.6. The monoisotopic (exact) mass is 277 g/mol. The van der Waals surface area contributed by atoms with Crippen LogP contribution in [0.25, 0.3) is 0 Å². The van der Waals surface area contributed by atoms with Crippen molar-refractivity contribution in [2.24, 2.45) is 5.73 Å². The van der Waals surface area contributed by atoms with Gasteiger partial charge in [0.1, 0.15) is 0 Å². The largest absolute Gasteiger partial charge is 0.326 e. The summed E-state index contributed by atoms with van der Waals surface area (Å²) in [6.45, 7) is 2.45. The molecule has 0 aliphatic rings. The molecule has 0 aliphatic heterocycles. The maximum Gasteiger partial charge on any atom is 0.251 e. The number of aromatic amines is 1. The lowest BCUT2D eigenvalue weighted by Gasteiger charge is -2.02. The van der Waals surface area contributed by atoms with Gasteiger partial charge in [-0.2, -0.15) is 0 Å². The summed E-state index contributed by atoms with van der Waals surface area (Å²) in [7, 11) is 0. The number of nitrogens with two attached hydrogens (primary N) is 1. The molecule has 0 saturated carbocycles. The van der Waals surface area contributed by atoms with E-state index < -0.39 is 0 Å². The summed E-state index contributed by atoms with van der Waals surface area (Å²) in [4.78, 5) is 26.9. The molecule has 2 rings (SSSR count). The van der Waals surface area contributed by atoms with Gasteiger partial charge in [-0.25, -0.2) is 15.0 Å². The first-order valence-electron chi connectivity index (χ1n) is 6.00. The smallest absolute Gasteiger partial charge is 0.251 e. The molecule has 0 spiro atoms. The Bertz CT molecular complexity index is 596. The molecule has 3 N–H and O–H groups in total. The predicted octanol–water partition coefficient (Wildman–Crippen LogP) is 1.12. The molecule has 7 heteroatoms. The topological polar surface area (TPSA) is 97.5 Å². The van der Waals surface area contributed by atoms with Gasteiger partial charge in [0, 0.05) is 36.3 Å². The average Bonchev–Trinajstić information content (AvgIpc) is 2.39. The van der Waals surface area contributed by atoms with Crippen molar-refractivity contribution in [3.8, 4) is 0 Å². The molecule has 100 valence electrons. The molecule has 0 fully saturated rings. The molecule has 2 heterocycles. The minimum absolute atomic E-state index is 0.153. The van der Waals surface area contributed by atoms with Crippen LogP contribution in [0.5, 0.6) is 0 Å². The van der Waals surface area contributed by atoms with E-state index in [-0.39, 0.29) is 5.56 Å². The highest BCUT2D eigenvalue weighted by atomic mass is 32.2. The van der Waals surface area contributed by atoms with Crippen LogP contribution < -0.4 is 11.3 Å². The van der Waals surface area contributed by atoms with Crippen molar-refractivity contribution in [1.29, 1.82) is 0 Å². The van der Waals surface area contributed by atoms with E-state index in [2.05, 4.69) is 19.9 Å². The highest BCUT2D eigenvalue weighted by Crippen LogP contribution is 2.19. The summed E-state index contributed by atoms with van der Waals surface area (Å²) in [5.41, 5.74) is 6.98. The van der Waals surface area contributed by atoms with Crippen LogP contribution in [0, 0.1) is 0 Å². The minimum Gasteiger partial charge on any atom is -0.326 e. The zero-order chi connectivity index (χ0) is 13.7. The SMILES string of the molecule is CCCc1cc(=O)[nH]c(Sc2ncc(CN)cn2)n1. The van der Waals surface area contributed by atoms with Crippen LogP contribution >= 0.6 is 11.8 Å². The van der Waals surface area contributed by atoms with Crippen molar-refractivity contribution in [2.75, 3.05) is 0 Å². The number of hydrogen-bond donors (Lipinski definition) is 2. The molecule has 0 saturated heterocycles. The quantitative estimate of drug-likeness (QED) is 0.795. The van der Waals surface area contributed by atoms with Crippen LogP contribution in [-0.4, -0.2) is 19.9 Å². The summed E-state index contributed by atoms with van der Waals surface area (Å²) >= 11 is 1.23. The second kappa shape index (κ2) is 6.44. The van der Waals surface area contributed by atoms with E-state index in [0.29, 0.717) is 16.9 Å². The van der Waals surface area contributed by atoms with E-state index in [9.17, 15) is 4.79 Å².